The van der Waals surface area contributed by atoms with Crippen LogP contribution in [0.5, 0.6) is 0 Å². The molecule has 0 bridgehead atoms. The fourth-order valence-electron chi connectivity index (χ4n) is 4.45. The van der Waals surface area contributed by atoms with Gasteiger partial charge in [0, 0.05) is 53.7 Å². The van der Waals surface area contributed by atoms with Gasteiger partial charge in [0.05, 0.1) is 22.5 Å². The minimum atomic E-state index is -1.17. The number of rotatable bonds is 9. The molecule has 12 heteroatoms. The highest BCUT2D eigenvalue weighted by atomic mass is 35.5. The number of carboxylic acids is 2. The van der Waals surface area contributed by atoms with Crippen molar-refractivity contribution >= 4 is 59.0 Å². The number of aromatic carboxylic acids is 2. The number of carbonyl (C=O) groups is 2. The van der Waals surface area contributed by atoms with Crippen LogP contribution in [0.4, 0.5) is 17.1 Å². The molecule has 1 aliphatic rings. The van der Waals surface area contributed by atoms with Crippen molar-refractivity contribution in [3.63, 3.8) is 0 Å². The van der Waals surface area contributed by atoms with Crippen LogP contribution in [0.3, 0.4) is 0 Å². The van der Waals surface area contributed by atoms with E-state index in [9.17, 15) is 19.8 Å². The zero-order valence-electron chi connectivity index (χ0n) is 21.5. The Morgan fingerprint density at radius 2 is 1.38 bits per heavy atom. The summed E-state index contributed by atoms with van der Waals surface area (Å²) in [5, 5.41) is 19.3. The van der Waals surface area contributed by atoms with Crippen molar-refractivity contribution in [2.45, 2.75) is 0 Å². The van der Waals surface area contributed by atoms with E-state index < -0.39 is 11.9 Å². The van der Waals surface area contributed by atoms with Gasteiger partial charge in [0.1, 0.15) is 6.67 Å². The van der Waals surface area contributed by atoms with Crippen molar-refractivity contribution < 1.29 is 19.8 Å². The number of anilines is 2. The third-order valence-electron chi connectivity index (χ3n) is 6.43. The average Bonchev–Trinajstić information content (AvgIpc) is 2.95. The van der Waals surface area contributed by atoms with Crippen LogP contribution in [0, 0.1) is 0 Å². The second-order valence-electron chi connectivity index (χ2n) is 8.95. The van der Waals surface area contributed by atoms with Crippen molar-refractivity contribution in [2.75, 3.05) is 42.6 Å². The molecule has 0 aromatic heterocycles. The van der Waals surface area contributed by atoms with Gasteiger partial charge >= 0.3 is 11.9 Å². The van der Waals surface area contributed by atoms with Crippen LogP contribution >= 0.6 is 11.6 Å². The lowest BCUT2D eigenvalue weighted by Gasteiger charge is -2.37. The second kappa shape index (κ2) is 12.3. The van der Waals surface area contributed by atoms with E-state index in [-0.39, 0.29) is 23.8 Å². The van der Waals surface area contributed by atoms with Gasteiger partial charge < -0.3 is 31.5 Å². The predicted molar refractivity (Wildman–Crippen MR) is 158 cm³/mol. The Kier molecular flexibility index (Phi) is 8.65. The lowest BCUT2D eigenvalue weighted by Crippen LogP contribution is -2.46. The maximum Gasteiger partial charge on any atom is 0.335 e. The van der Waals surface area contributed by atoms with E-state index >= 15 is 0 Å². The molecule has 40 heavy (non-hydrogen) atoms. The highest BCUT2D eigenvalue weighted by Crippen LogP contribution is 2.28. The van der Waals surface area contributed by atoms with E-state index in [0.717, 1.165) is 17.3 Å². The molecule has 206 valence electrons. The Morgan fingerprint density at radius 1 is 0.800 bits per heavy atom. The van der Waals surface area contributed by atoms with Gasteiger partial charge in [0.2, 0.25) is 0 Å². The molecule has 1 aliphatic heterocycles. The maximum absolute atomic E-state index is 11.5. The van der Waals surface area contributed by atoms with Crippen LogP contribution in [0.25, 0.3) is 0 Å². The molecule has 4 rings (SSSR count). The molecule has 1 fully saturated rings. The lowest BCUT2D eigenvalue weighted by atomic mass is 10.00. The fraction of sp³-hybridized carbons (Fsp3) is 0.179. The third kappa shape index (κ3) is 6.56. The van der Waals surface area contributed by atoms with Crippen molar-refractivity contribution in [2.24, 2.45) is 26.4 Å². The van der Waals surface area contributed by atoms with Crippen LogP contribution in [-0.2, 0) is 0 Å². The number of piperazine rings is 1. The van der Waals surface area contributed by atoms with Crippen LogP contribution < -0.4 is 21.3 Å². The van der Waals surface area contributed by atoms with E-state index in [1.807, 2.05) is 29.2 Å². The minimum absolute atomic E-state index is 0.0249. The van der Waals surface area contributed by atoms with Gasteiger partial charge in [0.25, 0.3) is 0 Å². The molecular weight excluding hydrogens is 534 g/mol. The van der Waals surface area contributed by atoms with Crippen LogP contribution in [0.15, 0.2) is 75.6 Å². The molecule has 0 spiro atoms. The smallest absolute Gasteiger partial charge is 0.335 e. The summed E-state index contributed by atoms with van der Waals surface area (Å²) in [6.45, 7) is 6.17. The number of guanidine groups is 1. The number of hydrogen-bond acceptors (Lipinski definition) is 7. The van der Waals surface area contributed by atoms with Gasteiger partial charge in [-0.15, -0.1) is 0 Å². The first-order valence-electron chi connectivity index (χ1n) is 12.2. The molecular formula is C28H28ClN7O4. The summed E-state index contributed by atoms with van der Waals surface area (Å²) in [6.07, 6.45) is 0. The Balaban J connectivity index is 1.54. The monoisotopic (exact) mass is 561 g/mol. The van der Waals surface area contributed by atoms with Gasteiger partial charge in [-0.1, -0.05) is 23.7 Å². The molecule has 0 atom stereocenters. The van der Waals surface area contributed by atoms with Crippen LogP contribution in [0.1, 0.15) is 31.8 Å². The first-order valence-corrected chi connectivity index (χ1v) is 12.6. The normalized spacial score (nSPS) is 13.6. The number of hydrogen-bond donors (Lipinski definition) is 4. The summed E-state index contributed by atoms with van der Waals surface area (Å²) in [5.74, 6) is -2.41. The van der Waals surface area contributed by atoms with Gasteiger partial charge in [-0.3, -0.25) is 9.98 Å². The molecule has 1 saturated heterocycles. The quantitative estimate of drug-likeness (QED) is 0.227. The van der Waals surface area contributed by atoms with E-state index in [2.05, 4.69) is 26.6 Å². The SMILES string of the molecule is C=Nc1ccc(Cl)cc1/C(=N\CN=C(N)N)c1ccc(N2CCN(c3cc(C(=O)O)cc(C(=O)O)c3)CC2)cc1. The topological polar surface area (TPSA) is 170 Å². The molecule has 1 heterocycles. The Labute approximate surface area is 235 Å². The molecule has 0 radical (unpaired) electrons. The Bertz CT molecular complexity index is 1460. The summed E-state index contributed by atoms with van der Waals surface area (Å²) in [7, 11) is 0. The highest BCUT2D eigenvalue weighted by Gasteiger charge is 2.21. The van der Waals surface area contributed by atoms with Gasteiger partial charge in [0.15, 0.2) is 5.96 Å². The predicted octanol–water partition coefficient (Wildman–Crippen LogP) is 3.46. The standard InChI is InChI=1S/C28H28ClN7O4/c1-32-24-7-4-20(29)15-23(24)25(33-16-34-28(30)31)17-2-5-21(6-3-17)35-8-10-36(11-9-35)22-13-18(26(37)38)12-19(14-22)27(39)40/h2-7,12-15H,1,8-11,16H2,(H,37,38)(H,39,40)(H4,30,31,34)/b33-25-. The Morgan fingerprint density at radius 3 is 1.90 bits per heavy atom. The van der Waals surface area contributed by atoms with Gasteiger partial charge in [-0.05, 0) is 55.2 Å². The molecule has 0 saturated carbocycles. The number of halogens is 1. The highest BCUT2D eigenvalue weighted by molar-refractivity contribution is 6.31. The minimum Gasteiger partial charge on any atom is -0.478 e. The first kappa shape index (κ1) is 28.1. The van der Waals surface area contributed by atoms with Crippen molar-refractivity contribution in [1.82, 2.24) is 0 Å². The summed E-state index contributed by atoms with van der Waals surface area (Å²) in [4.78, 5) is 39.8. The molecule has 3 aromatic carbocycles. The summed E-state index contributed by atoms with van der Waals surface area (Å²) >= 11 is 6.27. The Hall–Kier alpha value is -4.90. The van der Waals surface area contributed by atoms with Gasteiger partial charge in [-0.2, -0.15) is 0 Å². The van der Waals surface area contributed by atoms with E-state index in [1.165, 1.54) is 12.1 Å². The summed E-state index contributed by atoms with van der Waals surface area (Å²) in [5.41, 5.74) is 15.1. The molecule has 6 N–H and O–H groups in total. The number of carboxylic acid groups (broad SMARTS) is 2. The van der Waals surface area contributed by atoms with Crippen molar-refractivity contribution in [1.29, 1.82) is 0 Å². The van der Waals surface area contributed by atoms with Crippen LogP contribution in [-0.4, -0.2) is 73.4 Å². The average molecular weight is 562 g/mol. The number of nitrogens with zero attached hydrogens (tertiary/aromatic N) is 5. The molecule has 0 aliphatic carbocycles. The molecule has 0 amide bonds. The summed E-state index contributed by atoms with van der Waals surface area (Å²) < 4.78 is 0. The van der Waals surface area contributed by atoms with Crippen LogP contribution in [0.2, 0.25) is 5.02 Å². The first-order chi connectivity index (χ1) is 19.2. The van der Waals surface area contributed by atoms with E-state index in [4.69, 9.17) is 23.1 Å². The summed E-state index contributed by atoms with van der Waals surface area (Å²) in [6, 6.07) is 17.3. The number of aliphatic imine (C=N–C) groups is 3. The molecule has 11 nitrogen and oxygen atoms in total. The van der Waals surface area contributed by atoms with Crippen molar-refractivity contribution in [3.05, 3.63) is 87.9 Å². The lowest BCUT2D eigenvalue weighted by molar-refractivity contribution is 0.0696. The number of benzene rings is 3. The fourth-order valence-corrected chi connectivity index (χ4v) is 4.62. The largest absolute Gasteiger partial charge is 0.478 e. The third-order valence-corrected chi connectivity index (χ3v) is 6.66. The van der Waals surface area contributed by atoms with Crippen molar-refractivity contribution in [3.8, 4) is 0 Å². The zero-order valence-corrected chi connectivity index (χ0v) is 22.3. The van der Waals surface area contributed by atoms with E-state index in [0.29, 0.717) is 53.9 Å². The number of nitrogens with two attached hydrogens (primary N) is 2. The molecule has 3 aromatic rings. The maximum atomic E-state index is 11.5. The van der Waals surface area contributed by atoms with E-state index in [1.54, 1.807) is 18.2 Å². The second-order valence-corrected chi connectivity index (χ2v) is 9.39. The van der Waals surface area contributed by atoms with Gasteiger partial charge in [-0.25, -0.2) is 14.6 Å². The molecule has 0 unspecified atom stereocenters. The zero-order chi connectivity index (χ0) is 28.8.